The number of hydrogen-bond donors (Lipinski definition) is 3. The quantitative estimate of drug-likeness (QED) is 0.513. The Balaban J connectivity index is 2.46. The van der Waals surface area contributed by atoms with Crippen LogP contribution < -0.4 is 10.6 Å². The van der Waals surface area contributed by atoms with E-state index < -0.39 is 35.2 Å². The minimum atomic E-state index is -1.32. The van der Waals surface area contributed by atoms with Gasteiger partial charge in [-0.05, 0) is 53.4 Å². The van der Waals surface area contributed by atoms with Crippen LogP contribution in [0.4, 0.5) is 4.79 Å². The van der Waals surface area contributed by atoms with Crippen LogP contribution in [0.1, 0.15) is 73.1 Å². The summed E-state index contributed by atoms with van der Waals surface area (Å²) in [5.74, 6) is -1.19. The second-order valence-electron chi connectivity index (χ2n) is 8.98. The summed E-state index contributed by atoms with van der Waals surface area (Å²) in [6.07, 6.45) is 5.46. The molecular weight excluding hydrogens is 364 g/mol. The molecule has 0 aromatic heterocycles. The largest absolute Gasteiger partial charge is 0.480 e. The number of amides is 2. The molecule has 0 aromatic rings. The number of ether oxygens (including phenoxy) is 2. The molecule has 0 saturated heterocycles. The van der Waals surface area contributed by atoms with Crippen molar-refractivity contribution in [1.82, 2.24) is 10.6 Å². The number of nitrogens with one attached hydrogen (secondary N) is 2. The summed E-state index contributed by atoms with van der Waals surface area (Å²) < 4.78 is 10.8. The monoisotopic (exact) mass is 400 g/mol. The number of carboxylic acid groups (broad SMARTS) is 1. The van der Waals surface area contributed by atoms with Crippen LogP contribution in [0.3, 0.4) is 0 Å². The maximum absolute atomic E-state index is 12.5. The van der Waals surface area contributed by atoms with Gasteiger partial charge in [-0.1, -0.05) is 19.3 Å². The highest BCUT2D eigenvalue weighted by Crippen LogP contribution is 2.23. The molecule has 0 aromatic carbocycles. The molecule has 28 heavy (non-hydrogen) atoms. The van der Waals surface area contributed by atoms with Crippen LogP contribution in [0.15, 0.2) is 0 Å². The number of alkyl carbamates (subject to hydrolysis) is 1. The van der Waals surface area contributed by atoms with Gasteiger partial charge in [-0.2, -0.15) is 0 Å². The first kappa shape index (κ1) is 24.2. The van der Waals surface area contributed by atoms with Crippen LogP contribution in [0.5, 0.6) is 0 Å². The molecule has 3 N–H and O–H groups in total. The van der Waals surface area contributed by atoms with Crippen molar-refractivity contribution in [3.8, 4) is 0 Å². The minimum absolute atomic E-state index is 0.163. The van der Waals surface area contributed by atoms with Gasteiger partial charge in [-0.3, -0.25) is 4.79 Å². The fraction of sp³-hybridized carbons (Fsp3) is 0.850. The van der Waals surface area contributed by atoms with E-state index in [-0.39, 0.29) is 13.0 Å². The highest BCUT2D eigenvalue weighted by Gasteiger charge is 2.34. The number of carbonyl (C=O) groups is 3. The van der Waals surface area contributed by atoms with Gasteiger partial charge in [0.25, 0.3) is 0 Å². The molecule has 162 valence electrons. The summed E-state index contributed by atoms with van der Waals surface area (Å²) in [4.78, 5) is 35.9. The fourth-order valence-electron chi connectivity index (χ4n) is 3.02. The zero-order valence-corrected chi connectivity index (χ0v) is 17.8. The van der Waals surface area contributed by atoms with E-state index in [0.29, 0.717) is 12.5 Å². The van der Waals surface area contributed by atoms with Gasteiger partial charge in [0.1, 0.15) is 17.2 Å². The lowest BCUT2D eigenvalue weighted by Gasteiger charge is -2.29. The summed E-state index contributed by atoms with van der Waals surface area (Å²) >= 11 is 0. The van der Waals surface area contributed by atoms with E-state index in [2.05, 4.69) is 10.6 Å². The number of carboxylic acids is 1. The summed E-state index contributed by atoms with van der Waals surface area (Å²) in [5.41, 5.74) is -2.02. The zero-order chi connectivity index (χ0) is 21.4. The van der Waals surface area contributed by atoms with Gasteiger partial charge in [0.15, 0.2) is 0 Å². The van der Waals surface area contributed by atoms with Gasteiger partial charge in [-0.25, -0.2) is 9.59 Å². The molecule has 1 saturated carbocycles. The Morgan fingerprint density at radius 3 is 2.21 bits per heavy atom. The topological polar surface area (TPSA) is 114 Å². The first-order valence-corrected chi connectivity index (χ1v) is 10.0. The van der Waals surface area contributed by atoms with Gasteiger partial charge in [-0.15, -0.1) is 0 Å². The molecule has 0 aliphatic heterocycles. The molecule has 0 radical (unpaired) electrons. The molecule has 0 heterocycles. The Morgan fingerprint density at radius 2 is 1.68 bits per heavy atom. The molecule has 2 amide bonds. The molecule has 1 atom stereocenters. The van der Waals surface area contributed by atoms with Crippen molar-refractivity contribution in [2.45, 2.75) is 90.3 Å². The normalized spacial score (nSPS) is 16.9. The zero-order valence-electron chi connectivity index (χ0n) is 17.8. The van der Waals surface area contributed by atoms with Crippen molar-refractivity contribution < 1.29 is 29.0 Å². The molecule has 1 aliphatic rings. The number of carbonyl (C=O) groups excluding carboxylic acids is 2. The van der Waals surface area contributed by atoms with E-state index in [1.807, 2.05) is 0 Å². The highest BCUT2D eigenvalue weighted by molar-refractivity contribution is 5.92. The van der Waals surface area contributed by atoms with Crippen molar-refractivity contribution in [2.24, 2.45) is 5.92 Å². The van der Waals surface area contributed by atoms with Gasteiger partial charge < -0.3 is 25.2 Å². The Morgan fingerprint density at radius 1 is 1.07 bits per heavy atom. The molecule has 8 nitrogen and oxygen atoms in total. The van der Waals surface area contributed by atoms with Gasteiger partial charge in [0, 0.05) is 19.6 Å². The lowest BCUT2D eigenvalue weighted by molar-refractivity contribution is -0.143. The maximum atomic E-state index is 12.5. The van der Waals surface area contributed by atoms with Gasteiger partial charge in [0.2, 0.25) is 5.91 Å². The third kappa shape index (κ3) is 9.39. The summed E-state index contributed by atoms with van der Waals surface area (Å²) in [6.45, 7) is 9.02. The molecule has 0 bridgehead atoms. The average molecular weight is 401 g/mol. The second-order valence-corrected chi connectivity index (χ2v) is 8.98. The van der Waals surface area contributed by atoms with Crippen LogP contribution >= 0.6 is 0 Å². The molecular formula is C20H36N2O6. The lowest BCUT2D eigenvalue weighted by atomic mass is 9.90. The number of rotatable bonds is 9. The summed E-state index contributed by atoms with van der Waals surface area (Å²) in [5, 5.41) is 14.3. The number of hydrogen-bond acceptors (Lipinski definition) is 5. The average Bonchev–Trinajstić information content (AvgIpc) is 2.55. The standard InChI is InChI=1S/C20H36N2O6/c1-19(2,3)28-18(26)22-20(4,5)17(25)21-15(16(23)24)11-12-27-13-14-9-7-6-8-10-14/h14-15H,6-13H2,1-5H3,(H,21,25)(H,22,26)(H,23,24). The SMILES string of the molecule is CC(C)(C)OC(=O)NC(C)(C)C(=O)NC(CCOCC1CCCCC1)C(=O)O. The molecule has 1 fully saturated rings. The second kappa shape index (κ2) is 10.6. The predicted octanol–water partition coefficient (Wildman–Crippen LogP) is 2.85. The summed E-state index contributed by atoms with van der Waals surface area (Å²) in [7, 11) is 0. The molecule has 8 heteroatoms. The van der Waals surface area contributed by atoms with E-state index in [1.54, 1.807) is 20.8 Å². The van der Waals surface area contributed by atoms with E-state index >= 15 is 0 Å². The van der Waals surface area contributed by atoms with Crippen molar-refractivity contribution >= 4 is 18.0 Å². The molecule has 1 aliphatic carbocycles. The van der Waals surface area contributed by atoms with E-state index in [4.69, 9.17) is 9.47 Å². The van der Waals surface area contributed by atoms with Crippen LogP contribution in [0.25, 0.3) is 0 Å². The highest BCUT2D eigenvalue weighted by atomic mass is 16.6. The third-order valence-electron chi connectivity index (χ3n) is 4.61. The Labute approximate surface area is 167 Å². The van der Waals surface area contributed by atoms with Crippen molar-refractivity contribution in [1.29, 1.82) is 0 Å². The predicted molar refractivity (Wildman–Crippen MR) is 105 cm³/mol. The summed E-state index contributed by atoms with van der Waals surface area (Å²) in [6, 6.07) is -1.08. The minimum Gasteiger partial charge on any atom is -0.480 e. The molecule has 1 rings (SSSR count). The molecule has 1 unspecified atom stereocenters. The van der Waals surface area contributed by atoms with Crippen LogP contribution in [-0.4, -0.2) is 53.5 Å². The van der Waals surface area contributed by atoms with Gasteiger partial charge in [0.05, 0.1) is 0 Å². The maximum Gasteiger partial charge on any atom is 0.408 e. The van der Waals surface area contributed by atoms with Crippen molar-refractivity contribution in [3.63, 3.8) is 0 Å². The number of aliphatic carboxylic acids is 1. The van der Waals surface area contributed by atoms with Crippen LogP contribution in [0, 0.1) is 5.92 Å². The Kier molecular flexibility index (Phi) is 9.20. The van der Waals surface area contributed by atoms with Crippen molar-refractivity contribution in [2.75, 3.05) is 13.2 Å². The lowest BCUT2D eigenvalue weighted by Crippen LogP contribution is -2.58. The first-order valence-electron chi connectivity index (χ1n) is 10.0. The fourth-order valence-corrected chi connectivity index (χ4v) is 3.02. The van der Waals surface area contributed by atoms with E-state index in [1.165, 1.54) is 33.1 Å². The smallest absolute Gasteiger partial charge is 0.408 e. The Bertz CT molecular complexity index is 535. The third-order valence-corrected chi connectivity index (χ3v) is 4.61. The van der Waals surface area contributed by atoms with Crippen LogP contribution in [0.2, 0.25) is 0 Å². The first-order chi connectivity index (χ1) is 12.9. The van der Waals surface area contributed by atoms with E-state index in [0.717, 1.165) is 12.8 Å². The Hall–Kier alpha value is -1.83. The van der Waals surface area contributed by atoms with Crippen molar-refractivity contribution in [3.05, 3.63) is 0 Å². The van der Waals surface area contributed by atoms with Gasteiger partial charge >= 0.3 is 12.1 Å². The van der Waals surface area contributed by atoms with Crippen LogP contribution in [-0.2, 0) is 19.1 Å². The van der Waals surface area contributed by atoms with E-state index in [9.17, 15) is 19.5 Å². The molecule has 0 spiro atoms.